The first-order valence-corrected chi connectivity index (χ1v) is 7.80. The molecule has 0 rings (SSSR count). The minimum absolute atomic E-state index is 0.269. The molecule has 0 aromatic carbocycles. The smallest absolute Gasteiger partial charge is 0.310 e. The van der Waals surface area contributed by atoms with Gasteiger partial charge < -0.3 is 10.2 Å². The Balaban J connectivity index is 5.33. The van der Waals surface area contributed by atoms with Gasteiger partial charge in [0.25, 0.3) is 0 Å². The third-order valence-corrected chi connectivity index (χ3v) is 4.61. The van der Waals surface area contributed by atoms with E-state index in [4.69, 9.17) is 5.11 Å². The van der Waals surface area contributed by atoms with Crippen LogP contribution in [0.4, 0.5) is 0 Å². The first kappa shape index (κ1) is 18.9. The highest BCUT2D eigenvalue weighted by Gasteiger charge is 2.43. The molecule has 0 amide bonds. The average molecular weight is 286 g/mol. The van der Waals surface area contributed by atoms with Gasteiger partial charge in [-0.05, 0) is 24.7 Å². The molecule has 0 spiro atoms. The number of hydrogen-bond donors (Lipinski definition) is 2. The summed E-state index contributed by atoms with van der Waals surface area (Å²) in [5.74, 6) is -1.40. The van der Waals surface area contributed by atoms with Gasteiger partial charge in [-0.25, -0.2) is 0 Å². The van der Waals surface area contributed by atoms with Crippen LogP contribution in [0.5, 0.6) is 0 Å². The lowest BCUT2D eigenvalue weighted by molar-refractivity contribution is -0.158. The Kier molecular flexibility index (Phi) is 8.51. The molecule has 0 unspecified atom stereocenters. The summed E-state index contributed by atoms with van der Waals surface area (Å²) in [6.07, 6.45) is 4.26. The van der Waals surface area contributed by atoms with Gasteiger partial charge >= 0.3 is 11.9 Å². The number of carboxylic acid groups (broad SMARTS) is 2. The number of aliphatic carboxylic acids is 2. The van der Waals surface area contributed by atoms with Crippen molar-refractivity contribution in [2.24, 2.45) is 17.3 Å². The van der Waals surface area contributed by atoms with E-state index in [2.05, 4.69) is 0 Å². The van der Waals surface area contributed by atoms with E-state index in [0.29, 0.717) is 12.8 Å². The van der Waals surface area contributed by atoms with Crippen molar-refractivity contribution >= 4 is 11.9 Å². The fourth-order valence-corrected chi connectivity index (χ4v) is 3.03. The van der Waals surface area contributed by atoms with E-state index in [9.17, 15) is 14.7 Å². The van der Waals surface area contributed by atoms with Crippen molar-refractivity contribution in [3.05, 3.63) is 0 Å². The van der Waals surface area contributed by atoms with Crippen LogP contribution in [0.1, 0.15) is 72.6 Å². The Morgan fingerprint density at radius 1 is 0.850 bits per heavy atom. The van der Waals surface area contributed by atoms with E-state index in [1.165, 1.54) is 0 Å². The molecule has 0 fully saturated rings. The molecule has 0 bridgehead atoms. The van der Waals surface area contributed by atoms with Gasteiger partial charge in [-0.15, -0.1) is 0 Å². The van der Waals surface area contributed by atoms with Crippen molar-refractivity contribution in [1.29, 1.82) is 0 Å². The Labute approximate surface area is 122 Å². The monoisotopic (exact) mass is 286 g/mol. The van der Waals surface area contributed by atoms with Crippen LogP contribution in [0.15, 0.2) is 0 Å². The molecule has 118 valence electrons. The largest absolute Gasteiger partial charge is 0.481 e. The minimum atomic E-state index is -1.11. The summed E-state index contributed by atoms with van der Waals surface area (Å²) in [4.78, 5) is 23.0. The molecule has 0 saturated carbocycles. The molecule has 20 heavy (non-hydrogen) atoms. The molecule has 0 radical (unpaired) electrons. The van der Waals surface area contributed by atoms with Crippen molar-refractivity contribution in [2.45, 2.75) is 72.6 Å². The predicted octanol–water partition coefficient (Wildman–Crippen LogP) is 4.18. The minimum Gasteiger partial charge on any atom is -0.481 e. The van der Waals surface area contributed by atoms with Crippen LogP contribution in [-0.2, 0) is 9.59 Å². The van der Waals surface area contributed by atoms with Gasteiger partial charge in [0, 0.05) is 0 Å². The van der Waals surface area contributed by atoms with Crippen LogP contribution >= 0.6 is 0 Å². The third-order valence-electron chi connectivity index (χ3n) is 4.61. The van der Waals surface area contributed by atoms with Crippen LogP contribution < -0.4 is 0 Å². The Morgan fingerprint density at radius 2 is 1.20 bits per heavy atom. The lowest BCUT2D eigenvalue weighted by Crippen LogP contribution is -2.37. The highest BCUT2D eigenvalue weighted by atomic mass is 16.4. The van der Waals surface area contributed by atoms with Crippen molar-refractivity contribution in [1.82, 2.24) is 0 Å². The zero-order chi connectivity index (χ0) is 15.8. The zero-order valence-electron chi connectivity index (χ0n) is 13.3. The van der Waals surface area contributed by atoms with Crippen LogP contribution in [0.2, 0.25) is 0 Å². The second-order valence-electron chi connectivity index (χ2n) is 5.93. The van der Waals surface area contributed by atoms with E-state index < -0.39 is 17.4 Å². The van der Waals surface area contributed by atoms with Crippen molar-refractivity contribution < 1.29 is 19.8 Å². The maximum atomic E-state index is 11.8. The second-order valence-corrected chi connectivity index (χ2v) is 5.93. The topological polar surface area (TPSA) is 74.6 Å². The Morgan fingerprint density at radius 3 is 1.40 bits per heavy atom. The zero-order valence-corrected chi connectivity index (χ0v) is 13.3. The summed E-state index contributed by atoms with van der Waals surface area (Å²) < 4.78 is 0. The predicted molar refractivity (Wildman–Crippen MR) is 79.7 cm³/mol. The lowest BCUT2D eigenvalue weighted by atomic mass is 9.69. The van der Waals surface area contributed by atoms with Crippen molar-refractivity contribution in [3.8, 4) is 0 Å². The standard InChI is InChI=1S/C16H30O4/c1-5-12(6-2)9-16(15(19)20,11-14(17)18)10-13(7-3)8-4/h12-13H,5-11H2,1-4H3,(H,17,18)(H,19,20). The fraction of sp³-hybridized carbons (Fsp3) is 0.875. The Bertz CT molecular complexity index is 290. The molecule has 0 atom stereocenters. The maximum absolute atomic E-state index is 11.8. The van der Waals surface area contributed by atoms with Gasteiger partial charge in [0.05, 0.1) is 11.8 Å². The van der Waals surface area contributed by atoms with Gasteiger partial charge in [-0.2, -0.15) is 0 Å². The van der Waals surface area contributed by atoms with Crippen molar-refractivity contribution in [3.63, 3.8) is 0 Å². The van der Waals surface area contributed by atoms with Gasteiger partial charge in [-0.3, -0.25) is 9.59 Å². The highest BCUT2D eigenvalue weighted by molar-refractivity contribution is 5.81. The van der Waals surface area contributed by atoms with Gasteiger partial charge in [-0.1, -0.05) is 53.4 Å². The number of carboxylic acids is 2. The summed E-state index contributed by atoms with van der Waals surface area (Å²) in [6.45, 7) is 8.16. The molecular weight excluding hydrogens is 256 g/mol. The molecule has 4 heteroatoms. The quantitative estimate of drug-likeness (QED) is 0.597. The van der Waals surface area contributed by atoms with E-state index >= 15 is 0 Å². The maximum Gasteiger partial charge on any atom is 0.310 e. The fourth-order valence-electron chi connectivity index (χ4n) is 3.03. The summed E-state index contributed by atoms with van der Waals surface area (Å²) in [5, 5.41) is 18.8. The molecule has 0 aliphatic carbocycles. The summed E-state index contributed by atoms with van der Waals surface area (Å²) in [7, 11) is 0. The molecule has 2 N–H and O–H groups in total. The molecule has 4 nitrogen and oxygen atoms in total. The first-order valence-electron chi connectivity index (χ1n) is 7.80. The van der Waals surface area contributed by atoms with E-state index in [1.807, 2.05) is 27.7 Å². The van der Waals surface area contributed by atoms with Crippen LogP contribution in [-0.4, -0.2) is 22.2 Å². The van der Waals surface area contributed by atoms with E-state index in [-0.39, 0.29) is 18.3 Å². The highest BCUT2D eigenvalue weighted by Crippen LogP contribution is 2.40. The first-order chi connectivity index (χ1) is 9.34. The summed E-state index contributed by atoms with van der Waals surface area (Å²) in [5.41, 5.74) is -1.11. The molecule has 0 aromatic heterocycles. The molecule has 0 heterocycles. The van der Waals surface area contributed by atoms with Crippen LogP contribution in [0.25, 0.3) is 0 Å². The number of hydrogen-bond acceptors (Lipinski definition) is 2. The SMILES string of the molecule is CCC(CC)CC(CC(=O)O)(CC(CC)CC)C(=O)O. The average Bonchev–Trinajstić information content (AvgIpc) is 2.40. The number of rotatable bonds is 11. The van der Waals surface area contributed by atoms with Gasteiger partial charge in [0.1, 0.15) is 0 Å². The molecule has 0 aromatic rings. The van der Waals surface area contributed by atoms with E-state index in [0.717, 1.165) is 25.7 Å². The van der Waals surface area contributed by atoms with Crippen LogP contribution in [0.3, 0.4) is 0 Å². The third kappa shape index (κ3) is 5.51. The molecule has 0 saturated heterocycles. The lowest BCUT2D eigenvalue weighted by Gasteiger charge is -2.34. The van der Waals surface area contributed by atoms with Gasteiger partial charge in [0.2, 0.25) is 0 Å². The van der Waals surface area contributed by atoms with Crippen LogP contribution in [0, 0.1) is 17.3 Å². The normalized spacial score (nSPS) is 12.1. The summed E-state index contributed by atoms with van der Waals surface area (Å²) in [6, 6.07) is 0. The second kappa shape index (κ2) is 8.98. The van der Waals surface area contributed by atoms with Gasteiger partial charge in [0.15, 0.2) is 0 Å². The summed E-state index contributed by atoms with van der Waals surface area (Å²) >= 11 is 0. The number of carbonyl (C=O) groups is 2. The van der Waals surface area contributed by atoms with E-state index in [1.54, 1.807) is 0 Å². The molecular formula is C16H30O4. The Hall–Kier alpha value is -1.06. The molecule has 0 aliphatic rings. The van der Waals surface area contributed by atoms with Crippen molar-refractivity contribution in [2.75, 3.05) is 0 Å². The molecule has 0 aliphatic heterocycles.